The normalized spacial score (nSPS) is 15.9. The Morgan fingerprint density at radius 3 is 2.74 bits per heavy atom. The van der Waals surface area contributed by atoms with Gasteiger partial charge in [0.05, 0.1) is 42.7 Å². The minimum absolute atomic E-state index is 0. The lowest BCUT2D eigenvalue weighted by molar-refractivity contribution is 0.0302. The molecule has 9 nitrogen and oxygen atoms in total. The maximum Gasteiger partial charge on any atom is 0.254 e. The molecule has 0 spiro atoms. The highest BCUT2D eigenvalue weighted by Gasteiger charge is 2.27. The molecule has 0 unspecified atom stereocenters. The molecule has 1 aliphatic carbocycles. The predicted octanol–water partition coefficient (Wildman–Crippen LogP) is 3.77. The lowest BCUT2D eigenvalue weighted by Crippen LogP contribution is -2.40. The van der Waals surface area contributed by atoms with Crippen LogP contribution < -0.4 is 5.32 Å². The molecular formula is C23H23ClFN7O2. The second-order valence-electron chi connectivity index (χ2n) is 8.34. The number of halogens is 2. The van der Waals surface area contributed by atoms with Gasteiger partial charge in [-0.3, -0.25) is 14.3 Å². The Morgan fingerprint density at radius 1 is 1.21 bits per heavy atom. The summed E-state index contributed by atoms with van der Waals surface area (Å²) in [6.45, 7) is 2.01. The maximum atomic E-state index is 15.0. The number of carbonyl (C=O) groups is 1. The molecular weight excluding hydrogens is 461 g/mol. The predicted molar refractivity (Wildman–Crippen MR) is 126 cm³/mol. The molecule has 6 rings (SSSR count). The number of nitrogens with zero attached hydrogens (tertiary/aromatic N) is 5. The molecule has 11 heteroatoms. The first-order chi connectivity index (χ1) is 16.2. The number of rotatable bonds is 5. The third kappa shape index (κ3) is 4.10. The SMILES string of the molecule is Cl.O=C(c1ccc(Nc2nc(C3CC3)cn3c(-c4cn[nH]c4)cnc23)c(F)c1)N1CCOCC1. The monoisotopic (exact) mass is 483 g/mol. The molecule has 4 heterocycles. The van der Waals surface area contributed by atoms with Crippen molar-refractivity contribution >= 4 is 35.5 Å². The number of aromatic amines is 1. The molecule has 1 aliphatic heterocycles. The van der Waals surface area contributed by atoms with Gasteiger partial charge in [0.1, 0.15) is 5.82 Å². The van der Waals surface area contributed by atoms with Crippen LogP contribution in [0.1, 0.15) is 34.8 Å². The summed E-state index contributed by atoms with van der Waals surface area (Å²) >= 11 is 0. The minimum atomic E-state index is -0.521. The molecule has 34 heavy (non-hydrogen) atoms. The second-order valence-corrected chi connectivity index (χ2v) is 8.34. The van der Waals surface area contributed by atoms with E-state index in [0.29, 0.717) is 49.2 Å². The fourth-order valence-corrected chi connectivity index (χ4v) is 4.10. The van der Waals surface area contributed by atoms with Crippen LogP contribution in [0.25, 0.3) is 16.9 Å². The van der Waals surface area contributed by atoms with Gasteiger partial charge in [-0.05, 0) is 31.0 Å². The van der Waals surface area contributed by atoms with Crippen molar-refractivity contribution in [3.63, 3.8) is 0 Å². The molecule has 0 bridgehead atoms. The fourth-order valence-electron chi connectivity index (χ4n) is 4.10. The van der Waals surface area contributed by atoms with Gasteiger partial charge in [0.15, 0.2) is 11.5 Å². The molecule has 2 aliphatic rings. The molecule has 4 aromatic rings. The first-order valence-electron chi connectivity index (χ1n) is 11.0. The van der Waals surface area contributed by atoms with Crippen LogP contribution >= 0.6 is 12.4 Å². The van der Waals surface area contributed by atoms with Crippen molar-refractivity contribution < 1.29 is 13.9 Å². The van der Waals surface area contributed by atoms with E-state index in [1.54, 1.807) is 35.6 Å². The molecule has 2 N–H and O–H groups in total. The number of fused-ring (bicyclic) bond motifs is 1. The van der Waals surface area contributed by atoms with Crippen molar-refractivity contribution in [3.05, 3.63) is 60.1 Å². The van der Waals surface area contributed by atoms with Crippen molar-refractivity contribution in [2.75, 3.05) is 31.6 Å². The standard InChI is InChI=1S/C23H22FN7O2.ClH/c24-17-9-15(23(32)30-5-7-33-8-6-30)3-4-18(17)28-21-22-25-12-20(16-10-26-27-11-16)31(22)13-19(29-21)14-1-2-14;/h3-4,9-14H,1-2,5-8H2,(H,26,27)(H,28,29);1H. The van der Waals surface area contributed by atoms with E-state index in [1.807, 2.05) is 10.6 Å². The highest BCUT2D eigenvalue weighted by atomic mass is 35.5. The smallest absolute Gasteiger partial charge is 0.254 e. The molecule has 0 radical (unpaired) electrons. The number of ether oxygens (including phenoxy) is 1. The van der Waals surface area contributed by atoms with E-state index >= 15 is 4.39 Å². The van der Waals surface area contributed by atoms with Gasteiger partial charge in [0.2, 0.25) is 0 Å². The van der Waals surface area contributed by atoms with Crippen LogP contribution in [0.2, 0.25) is 0 Å². The Morgan fingerprint density at radius 2 is 2.03 bits per heavy atom. The molecule has 1 aromatic carbocycles. The van der Waals surface area contributed by atoms with E-state index in [9.17, 15) is 4.79 Å². The summed E-state index contributed by atoms with van der Waals surface area (Å²) in [6.07, 6.45) is 9.45. The number of anilines is 2. The van der Waals surface area contributed by atoms with Gasteiger partial charge in [-0.15, -0.1) is 12.4 Å². The zero-order valence-electron chi connectivity index (χ0n) is 18.2. The van der Waals surface area contributed by atoms with Crippen LogP contribution in [0.15, 0.2) is 43.0 Å². The third-order valence-corrected chi connectivity index (χ3v) is 6.07. The molecule has 176 valence electrons. The van der Waals surface area contributed by atoms with Crippen LogP contribution in [0.3, 0.4) is 0 Å². The first-order valence-corrected chi connectivity index (χ1v) is 11.0. The Balaban J connectivity index is 0.00000241. The van der Waals surface area contributed by atoms with Gasteiger partial charge in [-0.25, -0.2) is 14.4 Å². The van der Waals surface area contributed by atoms with Crippen LogP contribution in [0.5, 0.6) is 0 Å². The summed E-state index contributed by atoms with van der Waals surface area (Å²) in [5, 5.41) is 9.96. The highest BCUT2D eigenvalue weighted by Crippen LogP contribution is 2.40. The van der Waals surface area contributed by atoms with Crippen LogP contribution in [0.4, 0.5) is 15.9 Å². The van der Waals surface area contributed by atoms with E-state index in [-0.39, 0.29) is 24.0 Å². The topological polar surface area (TPSA) is 100 Å². The van der Waals surface area contributed by atoms with Gasteiger partial charge in [0, 0.05) is 42.5 Å². The lowest BCUT2D eigenvalue weighted by Gasteiger charge is -2.27. The molecule has 3 aromatic heterocycles. The molecule has 1 amide bonds. The Bertz CT molecular complexity index is 1330. The molecule has 0 atom stereocenters. The number of H-pyrrole nitrogens is 1. The summed E-state index contributed by atoms with van der Waals surface area (Å²) in [6, 6.07) is 4.48. The van der Waals surface area contributed by atoms with Crippen molar-refractivity contribution in [2.24, 2.45) is 0 Å². The van der Waals surface area contributed by atoms with Gasteiger partial charge in [-0.1, -0.05) is 0 Å². The summed E-state index contributed by atoms with van der Waals surface area (Å²) in [5.74, 6) is 0.152. The quantitative estimate of drug-likeness (QED) is 0.448. The van der Waals surface area contributed by atoms with E-state index < -0.39 is 5.82 Å². The van der Waals surface area contributed by atoms with E-state index in [1.165, 1.54) is 6.07 Å². The van der Waals surface area contributed by atoms with Crippen molar-refractivity contribution in [1.82, 2.24) is 29.5 Å². The number of hydrogen-bond acceptors (Lipinski definition) is 6. The van der Waals surface area contributed by atoms with Crippen molar-refractivity contribution in [1.29, 1.82) is 0 Å². The second kappa shape index (κ2) is 9.03. The Kier molecular flexibility index (Phi) is 5.93. The Hall–Kier alpha value is -3.50. The largest absolute Gasteiger partial charge is 0.378 e. The lowest BCUT2D eigenvalue weighted by atomic mass is 10.1. The van der Waals surface area contributed by atoms with Crippen LogP contribution in [0, 0.1) is 5.82 Å². The molecule has 1 saturated heterocycles. The summed E-state index contributed by atoms with van der Waals surface area (Å²) in [5.41, 5.74) is 3.85. The van der Waals surface area contributed by atoms with Gasteiger partial charge in [0.25, 0.3) is 5.91 Å². The summed E-state index contributed by atoms with van der Waals surface area (Å²) < 4.78 is 22.3. The van der Waals surface area contributed by atoms with Crippen LogP contribution in [-0.2, 0) is 4.74 Å². The van der Waals surface area contributed by atoms with E-state index in [2.05, 4.69) is 20.5 Å². The third-order valence-electron chi connectivity index (χ3n) is 6.07. The van der Waals surface area contributed by atoms with E-state index in [4.69, 9.17) is 9.72 Å². The number of nitrogens with one attached hydrogen (secondary N) is 2. The van der Waals surface area contributed by atoms with Crippen LogP contribution in [-0.4, -0.2) is 61.7 Å². The highest BCUT2D eigenvalue weighted by molar-refractivity contribution is 5.94. The number of imidazole rings is 1. The zero-order chi connectivity index (χ0) is 22.4. The average Bonchev–Trinajstić information content (AvgIpc) is 3.38. The van der Waals surface area contributed by atoms with Crippen molar-refractivity contribution in [2.45, 2.75) is 18.8 Å². The van der Waals surface area contributed by atoms with Gasteiger partial charge in [-0.2, -0.15) is 5.10 Å². The minimum Gasteiger partial charge on any atom is -0.378 e. The number of amides is 1. The summed E-state index contributed by atoms with van der Waals surface area (Å²) in [4.78, 5) is 23.6. The molecule has 1 saturated carbocycles. The number of carbonyl (C=O) groups excluding carboxylic acids is 1. The Labute approximate surface area is 200 Å². The fraction of sp³-hybridized carbons (Fsp3) is 0.304. The summed E-state index contributed by atoms with van der Waals surface area (Å²) in [7, 11) is 0. The average molecular weight is 484 g/mol. The maximum absolute atomic E-state index is 15.0. The molecule has 2 fully saturated rings. The van der Waals surface area contributed by atoms with Gasteiger partial charge < -0.3 is 15.0 Å². The van der Waals surface area contributed by atoms with Gasteiger partial charge >= 0.3 is 0 Å². The first kappa shape index (κ1) is 22.3. The number of benzene rings is 1. The zero-order valence-corrected chi connectivity index (χ0v) is 19.0. The number of aromatic nitrogens is 5. The van der Waals surface area contributed by atoms with Crippen molar-refractivity contribution in [3.8, 4) is 11.3 Å². The number of hydrogen-bond donors (Lipinski definition) is 2. The number of morpholine rings is 1. The van der Waals surface area contributed by atoms with E-state index in [0.717, 1.165) is 29.8 Å².